The van der Waals surface area contributed by atoms with Crippen molar-refractivity contribution in [1.82, 2.24) is 5.32 Å². The molecule has 0 heterocycles. The van der Waals surface area contributed by atoms with Crippen molar-refractivity contribution in [2.24, 2.45) is 0 Å². The average Bonchev–Trinajstić information content (AvgIpc) is 2.40. The summed E-state index contributed by atoms with van der Waals surface area (Å²) in [7, 11) is 1.76. The van der Waals surface area contributed by atoms with E-state index in [9.17, 15) is 8.78 Å². The fourth-order valence-corrected chi connectivity index (χ4v) is 2.98. The average molecular weight is 340 g/mol. The molecule has 0 radical (unpaired) electrons. The van der Waals surface area contributed by atoms with E-state index in [2.05, 4.69) is 21.2 Å². The monoisotopic (exact) mass is 339 g/mol. The topological polar surface area (TPSA) is 12.0 Å². The Kier molecular flexibility index (Phi) is 4.55. The van der Waals surface area contributed by atoms with E-state index in [4.69, 9.17) is 0 Å². The van der Waals surface area contributed by atoms with E-state index in [1.165, 1.54) is 6.07 Å². The molecule has 0 spiro atoms. The van der Waals surface area contributed by atoms with Crippen LogP contribution in [0.3, 0.4) is 0 Å². The molecule has 0 aliphatic carbocycles. The third-order valence-electron chi connectivity index (χ3n) is 3.37. The number of benzene rings is 2. The predicted octanol–water partition coefficient (Wildman–Crippen LogP) is 4.65. The van der Waals surface area contributed by atoms with Crippen molar-refractivity contribution in [3.05, 3.63) is 68.7 Å². The molecule has 0 amide bonds. The summed E-state index contributed by atoms with van der Waals surface area (Å²) in [6.45, 7) is 3.43. The fourth-order valence-electron chi connectivity index (χ4n) is 2.41. The molecular formula is C16H16BrF2N. The van der Waals surface area contributed by atoms with E-state index in [-0.39, 0.29) is 17.7 Å². The lowest BCUT2D eigenvalue weighted by Crippen LogP contribution is -2.20. The van der Waals surface area contributed by atoms with Gasteiger partial charge in [0.25, 0.3) is 0 Å². The Bertz CT molecular complexity index is 597. The van der Waals surface area contributed by atoms with E-state index < -0.39 is 0 Å². The molecule has 0 saturated heterocycles. The first-order valence-corrected chi connectivity index (χ1v) is 7.12. The summed E-state index contributed by atoms with van der Waals surface area (Å²) in [6.07, 6.45) is 0. The highest BCUT2D eigenvalue weighted by Crippen LogP contribution is 2.32. The first-order chi connectivity index (χ1) is 9.45. The van der Waals surface area contributed by atoms with Gasteiger partial charge in [-0.15, -0.1) is 0 Å². The van der Waals surface area contributed by atoms with Crippen molar-refractivity contribution in [3.8, 4) is 0 Å². The van der Waals surface area contributed by atoms with Gasteiger partial charge in [-0.25, -0.2) is 8.78 Å². The van der Waals surface area contributed by atoms with Crippen molar-refractivity contribution in [2.75, 3.05) is 7.05 Å². The summed E-state index contributed by atoms with van der Waals surface area (Å²) in [6, 6.07) is 8.05. The molecule has 1 atom stereocenters. The van der Waals surface area contributed by atoms with E-state index >= 15 is 0 Å². The molecule has 20 heavy (non-hydrogen) atoms. The number of halogens is 3. The largest absolute Gasteiger partial charge is 0.309 e. The van der Waals surface area contributed by atoms with Crippen molar-refractivity contribution in [2.45, 2.75) is 19.9 Å². The highest BCUT2D eigenvalue weighted by atomic mass is 79.9. The Morgan fingerprint density at radius 3 is 2.20 bits per heavy atom. The van der Waals surface area contributed by atoms with Gasteiger partial charge < -0.3 is 5.32 Å². The van der Waals surface area contributed by atoms with Crippen LogP contribution in [0.15, 0.2) is 34.8 Å². The van der Waals surface area contributed by atoms with Gasteiger partial charge >= 0.3 is 0 Å². The molecule has 0 fully saturated rings. The molecule has 2 rings (SSSR count). The highest BCUT2D eigenvalue weighted by Gasteiger charge is 2.20. The Labute approximate surface area is 126 Å². The lowest BCUT2D eigenvalue weighted by molar-refractivity contribution is 0.570. The Hall–Kier alpha value is -1.26. The molecule has 0 aliphatic rings. The maximum Gasteiger partial charge on any atom is 0.129 e. The normalized spacial score (nSPS) is 12.5. The van der Waals surface area contributed by atoms with Crippen LogP contribution in [0.1, 0.15) is 28.3 Å². The fraction of sp³-hybridized carbons (Fsp3) is 0.250. The predicted molar refractivity (Wildman–Crippen MR) is 80.9 cm³/mol. The minimum Gasteiger partial charge on any atom is -0.309 e. The van der Waals surface area contributed by atoms with Gasteiger partial charge in [-0.3, -0.25) is 0 Å². The maximum atomic E-state index is 14.1. The third kappa shape index (κ3) is 2.76. The van der Waals surface area contributed by atoms with Crippen LogP contribution in [0.5, 0.6) is 0 Å². The third-order valence-corrected chi connectivity index (χ3v) is 4.06. The van der Waals surface area contributed by atoms with Crippen LogP contribution in [-0.2, 0) is 0 Å². The van der Waals surface area contributed by atoms with Crippen LogP contribution < -0.4 is 5.32 Å². The molecule has 106 valence electrons. The van der Waals surface area contributed by atoms with Gasteiger partial charge in [0.1, 0.15) is 11.6 Å². The van der Waals surface area contributed by atoms with E-state index in [0.717, 1.165) is 5.56 Å². The quantitative estimate of drug-likeness (QED) is 0.857. The molecule has 1 nitrogen and oxygen atoms in total. The summed E-state index contributed by atoms with van der Waals surface area (Å²) in [5, 5.41) is 3.10. The van der Waals surface area contributed by atoms with Crippen LogP contribution >= 0.6 is 15.9 Å². The van der Waals surface area contributed by atoms with Gasteiger partial charge in [0.15, 0.2) is 0 Å². The Balaban J connectivity index is 2.59. The van der Waals surface area contributed by atoms with Crippen LogP contribution in [0.25, 0.3) is 0 Å². The van der Waals surface area contributed by atoms with Crippen LogP contribution in [-0.4, -0.2) is 7.05 Å². The van der Waals surface area contributed by atoms with Crippen molar-refractivity contribution in [3.63, 3.8) is 0 Å². The first kappa shape index (κ1) is 15.1. The van der Waals surface area contributed by atoms with Crippen LogP contribution in [0.4, 0.5) is 8.78 Å². The van der Waals surface area contributed by atoms with Crippen molar-refractivity contribution >= 4 is 15.9 Å². The molecule has 4 heteroatoms. The minimum atomic E-state index is -0.330. The maximum absolute atomic E-state index is 14.1. The second kappa shape index (κ2) is 6.02. The van der Waals surface area contributed by atoms with Gasteiger partial charge in [0, 0.05) is 10.0 Å². The SMILES string of the molecule is CNC(c1cc(C)c(F)c(C)c1)c1c(F)cccc1Br. The standard InChI is InChI=1S/C16H16BrF2N/c1-9-7-11(8-10(2)15(9)19)16(20-3)14-12(17)5-4-6-13(14)18/h4-8,16,20H,1-3H3. The molecule has 1 N–H and O–H groups in total. The Morgan fingerprint density at radius 1 is 1.10 bits per heavy atom. The molecule has 1 unspecified atom stereocenters. The van der Waals surface area contributed by atoms with Gasteiger partial charge in [-0.1, -0.05) is 34.1 Å². The van der Waals surface area contributed by atoms with E-state index in [1.54, 1.807) is 45.2 Å². The van der Waals surface area contributed by atoms with Gasteiger partial charge in [0.2, 0.25) is 0 Å². The van der Waals surface area contributed by atoms with Gasteiger partial charge in [-0.05, 0) is 49.7 Å². The molecule has 0 saturated carbocycles. The van der Waals surface area contributed by atoms with Gasteiger partial charge in [0.05, 0.1) is 6.04 Å². The lowest BCUT2D eigenvalue weighted by atomic mass is 9.95. The smallest absolute Gasteiger partial charge is 0.129 e. The number of aryl methyl sites for hydroxylation is 2. The van der Waals surface area contributed by atoms with Crippen molar-refractivity contribution < 1.29 is 8.78 Å². The second-order valence-corrected chi connectivity index (χ2v) is 5.68. The second-order valence-electron chi connectivity index (χ2n) is 4.83. The number of hydrogen-bond donors (Lipinski definition) is 1. The highest BCUT2D eigenvalue weighted by molar-refractivity contribution is 9.10. The summed E-state index contributed by atoms with van der Waals surface area (Å²) in [5.41, 5.74) is 2.50. The van der Waals surface area contributed by atoms with E-state index in [1.807, 2.05) is 0 Å². The summed E-state index contributed by atoms with van der Waals surface area (Å²) in [5.74, 6) is -0.505. The molecule has 2 aromatic carbocycles. The first-order valence-electron chi connectivity index (χ1n) is 6.33. The number of nitrogens with one attached hydrogen (secondary N) is 1. The van der Waals surface area contributed by atoms with Gasteiger partial charge in [-0.2, -0.15) is 0 Å². The minimum absolute atomic E-state index is 0.212. The molecule has 2 aromatic rings. The van der Waals surface area contributed by atoms with Crippen LogP contribution in [0, 0.1) is 25.5 Å². The van der Waals surface area contributed by atoms with E-state index in [0.29, 0.717) is 21.2 Å². The summed E-state index contributed by atoms with van der Waals surface area (Å²) < 4.78 is 28.5. The zero-order valence-electron chi connectivity index (χ0n) is 11.6. The summed E-state index contributed by atoms with van der Waals surface area (Å²) in [4.78, 5) is 0. The molecular weight excluding hydrogens is 324 g/mol. The lowest BCUT2D eigenvalue weighted by Gasteiger charge is -2.20. The number of hydrogen-bond acceptors (Lipinski definition) is 1. The number of rotatable bonds is 3. The molecule has 0 aliphatic heterocycles. The van der Waals surface area contributed by atoms with Crippen molar-refractivity contribution in [1.29, 1.82) is 0 Å². The summed E-state index contributed by atoms with van der Waals surface area (Å²) >= 11 is 3.38. The molecule has 0 bridgehead atoms. The molecule has 0 aromatic heterocycles. The Morgan fingerprint density at radius 2 is 1.70 bits per heavy atom. The zero-order valence-corrected chi connectivity index (χ0v) is 13.2. The zero-order chi connectivity index (χ0) is 14.9. The van der Waals surface area contributed by atoms with Crippen LogP contribution in [0.2, 0.25) is 0 Å².